The van der Waals surface area contributed by atoms with E-state index in [-0.39, 0.29) is 6.10 Å². The van der Waals surface area contributed by atoms with Gasteiger partial charge in [0.25, 0.3) is 0 Å². The highest BCUT2D eigenvalue weighted by Gasteiger charge is 2.30. The van der Waals surface area contributed by atoms with Gasteiger partial charge in [-0.1, -0.05) is 0 Å². The number of carbonyl (C=O) groups is 1. The first-order valence-corrected chi connectivity index (χ1v) is 3.79. The van der Waals surface area contributed by atoms with Gasteiger partial charge in [-0.3, -0.25) is 4.90 Å². The van der Waals surface area contributed by atoms with Crippen LogP contribution in [0.3, 0.4) is 0 Å². The molecule has 1 rings (SSSR count). The SMILES string of the molecule is CC(C)N1CC(OC(N)=O)C1. The zero-order valence-electron chi connectivity index (χ0n) is 6.91. The molecular weight excluding hydrogens is 144 g/mol. The van der Waals surface area contributed by atoms with Gasteiger partial charge in [-0.25, -0.2) is 4.79 Å². The maximum atomic E-state index is 10.3. The Hall–Kier alpha value is -0.770. The second-order valence-electron chi connectivity index (χ2n) is 3.11. The number of nitrogens with zero attached hydrogens (tertiary/aromatic N) is 1. The molecule has 4 nitrogen and oxygen atoms in total. The third-order valence-electron chi connectivity index (χ3n) is 1.89. The minimum absolute atomic E-state index is 0.0231. The van der Waals surface area contributed by atoms with Crippen LogP contribution in [-0.4, -0.2) is 36.2 Å². The zero-order chi connectivity index (χ0) is 8.43. The summed E-state index contributed by atoms with van der Waals surface area (Å²) in [6, 6.07) is 0.530. The molecule has 1 saturated heterocycles. The van der Waals surface area contributed by atoms with Gasteiger partial charge in [0.1, 0.15) is 6.10 Å². The molecule has 0 atom stereocenters. The van der Waals surface area contributed by atoms with E-state index in [0.29, 0.717) is 6.04 Å². The van der Waals surface area contributed by atoms with Crippen molar-refractivity contribution in [3.8, 4) is 0 Å². The van der Waals surface area contributed by atoms with Gasteiger partial charge in [0.05, 0.1) is 0 Å². The highest BCUT2D eigenvalue weighted by molar-refractivity contribution is 5.64. The van der Waals surface area contributed by atoms with Gasteiger partial charge in [0.15, 0.2) is 0 Å². The van der Waals surface area contributed by atoms with Crippen molar-refractivity contribution in [3.05, 3.63) is 0 Å². The van der Waals surface area contributed by atoms with Crippen molar-refractivity contribution in [2.75, 3.05) is 13.1 Å². The molecule has 1 heterocycles. The van der Waals surface area contributed by atoms with Gasteiger partial charge >= 0.3 is 6.09 Å². The van der Waals surface area contributed by atoms with Crippen LogP contribution in [0.4, 0.5) is 4.79 Å². The van der Waals surface area contributed by atoms with Crippen molar-refractivity contribution in [1.29, 1.82) is 0 Å². The van der Waals surface area contributed by atoms with Crippen LogP contribution < -0.4 is 5.73 Å². The molecule has 11 heavy (non-hydrogen) atoms. The van der Waals surface area contributed by atoms with Crippen LogP contribution in [0, 0.1) is 0 Å². The first kappa shape index (κ1) is 8.33. The third kappa shape index (κ3) is 2.08. The number of nitrogens with two attached hydrogens (primary N) is 1. The van der Waals surface area contributed by atoms with Gasteiger partial charge in [-0.15, -0.1) is 0 Å². The molecule has 0 aromatic carbocycles. The Kier molecular flexibility index (Phi) is 2.34. The summed E-state index contributed by atoms with van der Waals surface area (Å²) in [5.41, 5.74) is 4.84. The lowest BCUT2D eigenvalue weighted by Gasteiger charge is -2.40. The van der Waals surface area contributed by atoms with Crippen molar-refractivity contribution in [1.82, 2.24) is 4.90 Å². The number of hydrogen-bond acceptors (Lipinski definition) is 3. The minimum Gasteiger partial charge on any atom is -0.444 e. The van der Waals surface area contributed by atoms with E-state index in [1.807, 2.05) is 0 Å². The smallest absolute Gasteiger partial charge is 0.404 e. The third-order valence-corrected chi connectivity index (χ3v) is 1.89. The molecule has 0 spiro atoms. The Morgan fingerprint density at radius 1 is 1.64 bits per heavy atom. The lowest BCUT2D eigenvalue weighted by molar-refractivity contribution is -0.0250. The number of primary amides is 1. The summed E-state index contributed by atoms with van der Waals surface area (Å²) in [6.45, 7) is 5.86. The van der Waals surface area contributed by atoms with Crippen molar-refractivity contribution >= 4 is 6.09 Å². The van der Waals surface area contributed by atoms with Crippen molar-refractivity contribution in [2.24, 2.45) is 5.73 Å². The Morgan fingerprint density at radius 3 is 2.55 bits per heavy atom. The summed E-state index contributed by atoms with van der Waals surface area (Å²) in [7, 11) is 0. The standard InChI is InChI=1S/C7H14N2O2/c1-5(2)9-3-6(4-9)11-7(8)10/h5-6H,3-4H2,1-2H3,(H2,8,10). The summed E-state index contributed by atoms with van der Waals surface area (Å²) in [5.74, 6) is 0. The fourth-order valence-corrected chi connectivity index (χ4v) is 1.13. The molecule has 1 aliphatic heterocycles. The van der Waals surface area contributed by atoms with Crippen LogP contribution >= 0.6 is 0 Å². The van der Waals surface area contributed by atoms with E-state index in [1.165, 1.54) is 0 Å². The van der Waals surface area contributed by atoms with E-state index in [2.05, 4.69) is 18.7 Å². The molecule has 64 valence electrons. The van der Waals surface area contributed by atoms with Crippen LogP contribution in [0.15, 0.2) is 0 Å². The van der Waals surface area contributed by atoms with Crippen LogP contribution in [0.25, 0.3) is 0 Å². The first-order valence-electron chi connectivity index (χ1n) is 3.79. The Labute approximate surface area is 66.3 Å². The Bertz CT molecular complexity index is 153. The zero-order valence-corrected chi connectivity index (χ0v) is 6.91. The molecule has 0 unspecified atom stereocenters. The van der Waals surface area contributed by atoms with Gasteiger partial charge in [0.2, 0.25) is 0 Å². The molecule has 1 amide bonds. The second-order valence-corrected chi connectivity index (χ2v) is 3.11. The van der Waals surface area contributed by atoms with E-state index in [4.69, 9.17) is 10.5 Å². The quantitative estimate of drug-likeness (QED) is 0.623. The molecule has 2 N–H and O–H groups in total. The lowest BCUT2D eigenvalue weighted by Crippen LogP contribution is -2.55. The average Bonchev–Trinajstić information content (AvgIpc) is 1.75. The number of likely N-dealkylation sites (tertiary alicyclic amines) is 1. The van der Waals surface area contributed by atoms with Crippen LogP contribution in [0.2, 0.25) is 0 Å². The molecule has 1 aliphatic rings. The number of carbonyl (C=O) groups excluding carboxylic acids is 1. The van der Waals surface area contributed by atoms with Gasteiger partial charge < -0.3 is 10.5 Å². The summed E-state index contributed by atoms with van der Waals surface area (Å²) >= 11 is 0. The van der Waals surface area contributed by atoms with Gasteiger partial charge in [-0.05, 0) is 13.8 Å². The number of hydrogen-bond donors (Lipinski definition) is 1. The second kappa shape index (κ2) is 3.09. The molecule has 0 saturated carbocycles. The molecule has 0 bridgehead atoms. The van der Waals surface area contributed by atoms with E-state index in [9.17, 15) is 4.79 Å². The summed E-state index contributed by atoms with van der Waals surface area (Å²) < 4.78 is 4.76. The maximum Gasteiger partial charge on any atom is 0.404 e. The number of ether oxygens (including phenoxy) is 1. The highest BCUT2D eigenvalue weighted by atomic mass is 16.6. The number of rotatable bonds is 2. The van der Waals surface area contributed by atoms with Crippen LogP contribution in [0.1, 0.15) is 13.8 Å². The largest absolute Gasteiger partial charge is 0.444 e. The molecule has 0 aromatic rings. The van der Waals surface area contributed by atoms with Crippen molar-refractivity contribution in [2.45, 2.75) is 26.0 Å². The maximum absolute atomic E-state index is 10.3. The normalized spacial score (nSPS) is 19.9. The van der Waals surface area contributed by atoms with E-state index in [0.717, 1.165) is 13.1 Å². The average molecular weight is 158 g/mol. The molecule has 0 aromatic heterocycles. The van der Waals surface area contributed by atoms with E-state index >= 15 is 0 Å². The van der Waals surface area contributed by atoms with Crippen LogP contribution in [-0.2, 0) is 4.74 Å². The summed E-state index contributed by atoms with van der Waals surface area (Å²) in [5, 5.41) is 0. The minimum atomic E-state index is -0.668. The fraction of sp³-hybridized carbons (Fsp3) is 0.857. The molecule has 0 radical (unpaired) electrons. The van der Waals surface area contributed by atoms with Gasteiger partial charge in [0, 0.05) is 19.1 Å². The monoisotopic (exact) mass is 158 g/mol. The summed E-state index contributed by atoms with van der Waals surface area (Å²) in [6.07, 6.45) is -0.645. The predicted molar refractivity (Wildman–Crippen MR) is 41.2 cm³/mol. The van der Waals surface area contributed by atoms with Crippen molar-refractivity contribution in [3.63, 3.8) is 0 Å². The van der Waals surface area contributed by atoms with E-state index < -0.39 is 6.09 Å². The Balaban J connectivity index is 2.14. The summed E-state index contributed by atoms with van der Waals surface area (Å²) in [4.78, 5) is 12.5. The predicted octanol–water partition coefficient (Wildman–Crippen LogP) is 0.174. The topological polar surface area (TPSA) is 55.6 Å². The highest BCUT2D eigenvalue weighted by Crippen LogP contribution is 2.14. The molecule has 1 fully saturated rings. The van der Waals surface area contributed by atoms with Gasteiger partial charge in [-0.2, -0.15) is 0 Å². The van der Waals surface area contributed by atoms with Crippen LogP contribution in [0.5, 0.6) is 0 Å². The number of amides is 1. The fourth-order valence-electron chi connectivity index (χ4n) is 1.13. The van der Waals surface area contributed by atoms with E-state index in [1.54, 1.807) is 0 Å². The first-order chi connectivity index (χ1) is 5.09. The Morgan fingerprint density at radius 2 is 2.18 bits per heavy atom. The van der Waals surface area contributed by atoms with Crippen molar-refractivity contribution < 1.29 is 9.53 Å². The lowest BCUT2D eigenvalue weighted by atomic mass is 10.1. The molecule has 4 heteroatoms. The molecular formula is C7H14N2O2. The molecule has 0 aliphatic carbocycles.